The fourth-order valence-electron chi connectivity index (χ4n) is 1.72. The minimum Gasteiger partial charge on any atom is -0.388 e. The molecular formula is C15H20ClFN2O3. The van der Waals surface area contributed by atoms with E-state index in [0.717, 1.165) is 12.5 Å². The molecule has 1 aromatic rings. The van der Waals surface area contributed by atoms with Gasteiger partial charge in [-0.1, -0.05) is 31.9 Å². The highest BCUT2D eigenvalue weighted by atomic mass is 35.5. The molecular weight excluding hydrogens is 311 g/mol. The van der Waals surface area contributed by atoms with E-state index in [9.17, 15) is 19.1 Å². The average Bonchev–Trinajstić information content (AvgIpc) is 2.46. The van der Waals surface area contributed by atoms with Gasteiger partial charge in [0.15, 0.2) is 0 Å². The van der Waals surface area contributed by atoms with Crippen molar-refractivity contribution in [3.63, 3.8) is 0 Å². The Balaban J connectivity index is 2.61. The Morgan fingerprint density at radius 3 is 2.59 bits per heavy atom. The zero-order valence-electron chi connectivity index (χ0n) is 12.7. The van der Waals surface area contributed by atoms with Crippen LogP contribution in [-0.2, 0) is 9.59 Å². The maximum Gasteiger partial charge on any atom is 0.313 e. The van der Waals surface area contributed by atoms with Crippen LogP contribution >= 0.6 is 11.6 Å². The zero-order valence-corrected chi connectivity index (χ0v) is 13.5. The summed E-state index contributed by atoms with van der Waals surface area (Å²) >= 11 is 5.60. The maximum atomic E-state index is 13.5. The van der Waals surface area contributed by atoms with Crippen molar-refractivity contribution in [1.82, 2.24) is 5.32 Å². The smallest absolute Gasteiger partial charge is 0.313 e. The average molecular weight is 331 g/mol. The van der Waals surface area contributed by atoms with Crippen molar-refractivity contribution in [2.45, 2.75) is 32.8 Å². The largest absolute Gasteiger partial charge is 0.388 e. The molecule has 2 amide bonds. The number of anilines is 1. The lowest BCUT2D eigenvalue weighted by molar-refractivity contribution is -0.137. The number of aliphatic hydroxyl groups is 1. The molecule has 0 saturated heterocycles. The number of halogens is 2. The lowest BCUT2D eigenvalue weighted by Crippen LogP contribution is -2.47. The SMILES string of the molecule is CC[C@@H](C)[C@](C)(O)CNC(=O)C(=O)Nc1ccc(Cl)cc1F. The summed E-state index contributed by atoms with van der Waals surface area (Å²) in [6.45, 7) is 5.27. The standard InChI is InChI=1S/C15H20ClFN2O3/c1-4-9(2)15(3,22)8-18-13(20)14(21)19-12-6-5-10(16)7-11(12)17/h5-7,9,22H,4,8H2,1-3H3,(H,18,20)(H,19,21)/t9-,15-/m1/s1. The van der Waals surface area contributed by atoms with E-state index in [0.29, 0.717) is 0 Å². The zero-order chi connectivity index (χ0) is 16.9. The van der Waals surface area contributed by atoms with Gasteiger partial charge in [-0.2, -0.15) is 0 Å². The van der Waals surface area contributed by atoms with E-state index >= 15 is 0 Å². The van der Waals surface area contributed by atoms with Crippen LogP contribution < -0.4 is 10.6 Å². The number of amides is 2. The highest BCUT2D eigenvalue weighted by molar-refractivity contribution is 6.39. The van der Waals surface area contributed by atoms with Crippen molar-refractivity contribution in [3.05, 3.63) is 29.0 Å². The van der Waals surface area contributed by atoms with E-state index in [1.54, 1.807) is 6.92 Å². The van der Waals surface area contributed by atoms with Gasteiger partial charge < -0.3 is 15.7 Å². The Morgan fingerprint density at radius 2 is 2.05 bits per heavy atom. The van der Waals surface area contributed by atoms with Crippen molar-refractivity contribution in [2.75, 3.05) is 11.9 Å². The van der Waals surface area contributed by atoms with Crippen molar-refractivity contribution >= 4 is 29.1 Å². The molecule has 0 radical (unpaired) electrons. The van der Waals surface area contributed by atoms with Crippen LogP contribution in [-0.4, -0.2) is 29.1 Å². The first-order valence-electron chi connectivity index (χ1n) is 6.94. The molecule has 7 heteroatoms. The Bertz CT molecular complexity index is 564. The minimum absolute atomic E-state index is 0.0513. The third-order valence-electron chi connectivity index (χ3n) is 3.67. The number of hydrogen-bond donors (Lipinski definition) is 3. The molecule has 0 aromatic heterocycles. The lowest BCUT2D eigenvalue weighted by Gasteiger charge is -2.29. The first-order valence-corrected chi connectivity index (χ1v) is 7.31. The molecule has 0 aliphatic rings. The molecule has 0 bridgehead atoms. The van der Waals surface area contributed by atoms with Gasteiger partial charge in [0, 0.05) is 11.6 Å². The van der Waals surface area contributed by atoms with E-state index in [-0.39, 0.29) is 23.2 Å². The molecule has 0 aliphatic carbocycles. The van der Waals surface area contributed by atoms with Gasteiger partial charge in [0.1, 0.15) is 5.82 Å². The molecule has 3 N–H and O–H groups in total. The molecule has 0 aliphatic heterocycles. The van der Waals surface area contributed by atoms with E-state index in [4.69, 9.17) is 11.6 Å². The molecule has 2 atom stereocenters. The molecule has 5 nitrogen and oxygen atoms in total. The second kappa shape index (κ2) is 7.56. The number of hydrogen-bond acceptors (Lipinski definition) is 3. The number of carbonyl (C=O) groups is 2. The summed E-state index contributed by atoms with van der Waals surface area (Å²) in [6.07, 6.45) is 0.727. The van der Waals surface area contributed by atoms with Gasteiger partial charge in [-0.25, -0.2) is 4.39 Å². The molecule has 0 unspecified atom stereocenters. The van der Waals surface area contributed by atoms with Crippen LogP contribution in [0.4, 0.5) is 10.1 Å². The number of rotatable bonds is 5. The molecule has 122 valence electrons. The summed E-state index contributed by atoms with van der Waals surface area (Å²) in [7, 11) is 0. The topological polar surface area (TPSA) is 78.4 Å². The summed E-state index contributed by atoms with van der Waals surface area (Å²) in [4.78, 5) is 23.4. The Labute approximate surface area is 133 Å². The molecule has 0 heterocycles. The maximum absolute atomic E-state index is 13.5. The Morgan fingerprint density at radius 1 is 1.41 bits per heavy atom. The van der Waals surface area contributed by atoms with Crippen molar-refractivity contribution in [2.24, 2.45) is 5.92 Å². The monoisotopic (exact) mass is 330 g/mol. The van der Waals surface area contributed by atoms with E-state index in [2.05, 4.69) is 10.6 Å². The van der Waals surface area contributed by atoms with Gasteiger partial charge in [-0.15, -0.1) is 0 Å². The molecule has 1 aromatic carbocycles. The summed E-state index contributed by atoms with van der Waals surface area (Å²) in [5, 5.41) is 14.8. The van der Waals surface area contributed by atoms with E-state index in [1.807, 2.05) is 13.8 Å². The summed E-state index contributed by atoms with van der Waals surface area (Å²) < 4.78 is 13.5. The summed E-state index contributed by atoms with van der Waals surface area (Å²) in [5.41, 5.74) is -1.27. The molecule has 22 heavy (non-hydrogen) atoms. The lowest BCUT2D eigenvalue weighted by atomic mass is 9.89. The van der Waals surface area contributed by atoms with Gasteiger partial charge in [0.05, 0.1) is 11.3 Å². The van der Waals surface area contributed by atoms with Gasteiger partial charge in [0.25, 0.3) is 0 Å². The van der Waals surface area contributed by atoms with Crippen LogP contribution in [0.5, 0.6) is 0 Å². The number of carbonyl (C=O) groups excluding carboxylic acids is 2. The fourth-order valence-corrected chi connectivity index (χ4v) is 1.88. The predicted molar refractivity (Wildman–Crippen MR) is 83.1 cm³/mol. The second-order valence-electron chi connectivity index (χ2n) is 5.43. The van der Waals surface area contributed by atoms with E-state index in [1.165, 1.54) is 12.1 Å². The predicted octanol–water partition coefficient (Wildman–Crippen LogP) is 2.33. The van der Waals surface area contributed by atoms with Gasteiger partial charge in [-0.3, -0.25) is 9.59 Å². The Hall–Kier alpha value is -1.66. The molecule has 0 fully saturated rings. The number of benzene rings is 1. The van der Waals surface area contributed by atoms with Crippen LogP contribution in [0.1, 0.15) is 27.2 Å². The quantitative estimate of drug-likeness (QED) is 0.725. The van der Waals surface area contributed by atoms with E-state index < -0.39 is 23.2 Å². The van der Waals surface area contributed by atoms with Crippen LogP contribution in [0.2, 0.25) is 5.02 Å². The van der Waals surface area contributed by atoms with Crippen molar-refractivity contribution in [3.8, 4) is 0 Å². The second-order valence-corrected chi connectivity index (χ2v) is 5.86. The van der Waals surface area contributed by atoms with Gasteiger partial charge in [0.2, 0.25) is 0 Å². The molecule has 0 spiro atoms. The highest BCUT2D eigenvalue weighted by Gasteiger charge is 2.28. The van der Waals surface area contributed by atoms with Crippen LogP contribution in [0, 0.1) is 11.7 Å². The number of nitrogens with one attached hydrogen (secondary N) is 2. The normalized spacial score (nSPS) is 14.8. The van der Waals surface area contributed by atoms with Gasteiger partial charge >= 0.3 is 11.8 Å². The first kappa shape index (κ1) is 18.4. The third kappa shape index (κ3) is 4.96. The van der Waals surface area contributed by atoms with Crippen molar-refractivity contribution in [1.29, 1.82) is 0 Å². The minimum atomic E-state index is -1.13. The first-order chi connectivity index (χ1) is 10.2. The highest BCUT2D eigenvalue weighted by Crippen LogP contribution is 2.20. The van der Waals surface area contributed by atoms with Gasteiger partial charge in [-0.05, 0) is 31.0 Å². The molecule has 0 saturated carbocycles. The van der Waals surface area contributed by atoms with Crippen LogP contribution in [0.3, 0.4) is 0 Å². The molecule has 1 rings (SSSR count). The Kier molecular flexibility index (Phi) is 6.32. The summed E-state index contributed by atoms with van der Waals surface area (Å²) in [5.74, 6) is -2.75. The summed E-state index contributed by atoms with van der Waals surface area (Å²) in [6, 6.07) is 3.69. The third-order valence-corrected chi connectivity index (χ3v) is 3.90. The van der Waals surface area contributed by atoms with Crippen LogP contribution in [0.25, 0.3) is 0 Å². The van der Waals surface area contributed by atoms with Crippen LogP contribution in [0.15, 0.2) is 18.2 Å². The fraction of sp³-hybridized carbons (Fsp3) is 0.467. The van der Waals surface area contributed by atoms with Crippen molar-refractivity contribution < 1.29 is 19.1 Å².